The Labute approximate surface area is 126 Å². The lowest BCUT2D eigenvalue weighted by atomic mass is 10.1. The van der Waals surface area contributed by atoms with Crippen LogP contribution in [0.25, 0.3) is 0 Å². The van der Waals surface area contributed by atoms with E-state index in [2.05, 4.69) is 5.32 Å². The Hall–Kier alpha value is -0.850. The van der Waals surface area contributed by atoms with Gasteiger partial charge >= 0.3 is 0 Å². The van der Waals surface area contributed by atoms with E-state index < -0.39 is 6.04 Å². The predicted octanol–water partition coefficient (Wildman–Crippen LogP) is 0.289. The van der Waals surface area contributed by atoms with Crippen LogP contribution >= 0.6 is 12.4 Å². The molecule has 7 heteroatoms. The summed E-state index contributed by atoms with van der Waals surface area (Å²) < 4.78 is 5.21. The van der Waals surface area contributed by atoms with Crippen LogP contribution in [0.3, 0.4) is 0 Å². The average Bonchev–Trinajstić information content (AvgIpc) is 2.42. The van der Waals surface area contributed by atoms with Gasteiger partial charge in [-0.3, -0.25) is 9.59 Å². The number of carbonyl (C=O) groups is 2. The van der Waals surface area contributed by atoms with Crippen molar-refractivity contribution >= 4 is 24.2 Å². The van der Waals surface area contributed by atoms with Gasteiger partial charge in [0.25, 0.3) is 0 Å². The van der Waals surface area contributed by atoms with E-state index in [0.717, 1.165) is 0 Å². The smallest absolute Gasteiger partial charge is 0.245 e. The van der Waals surface area contributed by atoms with Crippen LogP contribution in [-0.4, -0.2) is 55.1 Å². The molecular weight excluding hydrogens is 282 g/mol. The minimum atomic E-state index is -0.432. The molecule has 6 nitrogen and oxygen atoms in total. The van der Waals surface area contributed by atoms with Crippen LogP contribution < -0.4 is 11.1 Å². The van der Waals surface area contributed by atoms with E-state index in [9.17, 15) is 9.59 Å². The second-order valence-electron chi connectivity index (χ2n) is 4.98. The molecule has 0 spiro atoms. The maximum Gasteiger partial charge on any atom is 0.245 e. The summed E-state index contributed by atoms with van der Waals surface area (Å²) in [7, 11) is 0. The van der Waals surface area contributed by atoms with E-state index >= 15 is 0 Å². The molecule has 1 rings (SSSR count). The Balaban J connectivity index is 0.00000361. The molecule has 20 heavy (non-hydrogen) atoms. The van der Waals surface area contributed by atoms with Gasteiger partial charge < -0.3 is 20.7 Å². The third-order valence-electron chi connectivity index (χ3n) is 3.19. The lowest BCUT2D eigenvalue weighted by Gasteiger charge is -2.30. The molecule has 0 aliphatic carbocycles. The minimum Gasteiger partial charge on any atom is -0.378 e. The Morgan fingerprint density at radius 2 is 1.95 bits per heavy atom. The maximum atomic E-state index is 12.2. The van der Waals surface area contributed by atoms with Gasteiger partial charge in [0.05, 0.1) is 13.2 Å². The van der Waals surface area contributed by atoms with Crippen LogP contribution in [0.1, 0.15) is 33.1 Å². The van der Waals surface area contributed by atoms with Gasteiger partial charge in [0, 0.05) is 25.6 Å². The van der Waals surface area contributed by atoms with E-state index in [1.807, 2.05) is 13.8 Å². The van der Waals surface area contributed by atoms with Crippen LogP contribution in [0.4, 0.5) is 0 Å². The van der Waals surface area contributed by atoms with Gasteiger partial charge in [0.1, 0.15) is 6.04 Å². The Kier molecular flexibility index (Phi) is 9.54. The monoisotopic (exact) mass is 307 g/mol. The first-order valence-electron chi connectivity index (χ1n) is 6.96. The van der Waals surface area contributed by atoms with Crippen LogP contribution in [0.15, 0.2) is 0 Å². The van der Waals surface area contributed by atoms with Gasteiger partial charge in [-0.05, 0) is 19.8 Å². The number of amides is 2. The minimum absolute atomic E-state index is 0. The molecule has 1 aliphatic heterocycles. The van der Waals surface area contributed by atoms with Crippen LogP contribution in [-0.2, 0) is 14.3 Å². The largest absolute Gasteiger partial charge is 0.378 e. The Bertz CT molecular complexity index is 307. The van der Waals surface area contributed by atoms with Gasteiger partial charge in [0.2, 0.25) is 11.8 Å². The number of morpholine rings is 1. The summed E-state index contributed by atoms with van der Waals surface area (Å²) in [4.78, 5) is 25.7. The van der Waals surface area contributed by atoms with Crippen molar-refractivity contribution in [2.75, 3.05) is 26.3 Å². The number of nitrogens with zero attached hydrogens (tertiary/aromatic N) is 1. The normalized spacial score (nSPS) is 17.9. The number of rotatable bonds is 6. The molecule has 1 heterocycles. The lowest BCUT2D eigenvalue weighted by molar-refractivity contribution is -0.140. The molecule has 0 aromatic rings. The molecule has 118 valence electrons. The fourth-order valence-corrected chi connectivity index (χ4v) is 1.97. The van der Waals surface area contributed by atoms with Crippen molar-refractivity contribution in [1.82, 2.24) is 10.2 Å². The van der Waals surface area contributed by atoms with E-state index in [1.165, 1.54) is 0 Å². The lowest BCUT2D eigenvalue weighted by Crippen LogP contribution is -2.51. The highest BCUT2D eigenvalue weighted by molar-refractivity contribution is 5.87. The summed E-state index contributed by atoms with van der Waals surface area (Å²) in [6.45, 7) is 6.11. The quantitative estimate of drug-likeness (QED) is 0.738. The third kappa shape index (κ3) is 6.54. The number of hydrogen-bond acceptors (Lipinski definition) is 4. The van der Waals surface area contributed by atoms with Gasteiger partial charge in [-0.15, -0.1) is 12.4 Å². The molecule has 2 amide bonds. The topological polar surface area (TPSA) is 84.7 Å². The van der Waals surface area contributed by atoms with Crippen molar-refractivity contribution in [2.24, 2.45) is 5.73 Å². The zero-order chi connectivity index (χ0) is 14.3. The molecule has 1 saturated heterocycles. The SMILES string of the molecule is CCC(NC(=O)CCC(C)N)C(=O)N1CCOCC1.Cl. The number of hydrogen-bond donors (Lipinski definition) is 2. The van der Waals surface area contributed by atoms with Crippen molar-refractivity contribution in [3.8, 4) is 0 Å². The Morgan fingerprint density at radius 1 is 1.35 bits per heavy atom. The van der Waals surface area contributed by atoms with Crippen molar-refractivity contribution in [3.05, 3.63) is 0 Å². The molecule has 3 N–H and O–H groups in total. The molecule has 0 aromatic heterocycles. The first-order chi connectivity index (χ1) is 9.04. The van der Waals surface area contributed by atoms with Gasteiger partial charge in [0.15, 0.2) is 0 Å². The molecule has 0 aromatic carbocycles. The molecular formula is C13H26ClN3O3. The maximum absolute atomic E-state index is 12.2. The molecule has 1 aliphatic rings. The molecule has 2 atom stereocenters. The van der Waals surface area contributed by atoms with Crippen molar-refractivity contribution < 1.29 is 14.3 Å². The first-order valence-corrected chi connectivity index (χ1v) is 6.96. The standard InChI is InChI=1S/C13H25N3O3.ClH/c1-3-11(15-12(17)5-4-10(2)14)13(18)16-6-8-19-9-7-16;/h10-11H,3-9,14H2,1-2H3,(H,15,17);1H. The number of ether oxygens (including phenoxy) is 1. The van der Waals surface area contributed by atoms with Crippen LogP contribution in [0.5, 0.6) is 0 Å². The number of carbonyl (C=O) groups excluding carboxylic acids is 2. The fraction of sp³-hybridized carbons (Fsp3) is 0.846. The predicted molar refractivity (Wildman–Crippen MR) is 79.8 cm³/mol. The molecule has 2 unspecified atom stereocenters. The van der Waals surface area contributed by atoms with E-state index in [4.69, 9.17) is 10.5 Å². The summed E-state index contributed by atoms with van der Waals surface area (Å²) in [6.07, 6.45) is 1.60. The summed E-state index contributed by atoms with van der Waals surface area (Å²) in [5.41, 5.74) is 5.61. The summed E-state index contributed by atoms with van der Waals surface area (Å²) in [6, 6.07) is -0.431. The average molecular weight is 308 g/mol. The second kappa shape index (κ2) is 9.96. The zero-order valence-corrected chi connectivity index (χ0v) is 13.1. The number of nitrogens with one attached hydrogen (secondary N) is 1. The van der Waals surface area contributed by atoms with E-state index in [-0.39, 0.29) is 30.3 Å². The van der Waals surface area contributed by atoms with Crippen LogP contribution in [0.2, 0.25) is 0 Å². The zero-order valence-electron chi connectivity index (χ0n) is 12.3. The van der Waals surface area contributed by atoms with Crippen LogP contribution in [0, 0.1) is 0 Å². The van der Waals surface area contributed by atoms with Gasteiger partial charge in [-0.2, -0.15) is 0 Å². The van der Waals surface area contributed by atoms with Gasteiger partial charge in [-0.25, -0.2) is 0 Å². The summed E-state index contributed by atoms with van der Waals surface area (Å²) >= 11 is 0. The highest BCUT2D eigenvalue weighted by atomic mass is 35.5. The third-order valence-corrected chi connectivity index (χ3v) is 3.19. The number of nitrogens with two attached hydrogens (primary N) is 1. The number of halogens is 1. The highest BCUT2D eigenvalue weighted by Crippen LogP contribution is 2.04. The van der Waals surface area contributed by atoms with E-state index in [0.29, 0.717) is 45.6 Å². The van der Waals surface area contributed by atoms with Gasteiger partial charge in [-0.1, -0.05) is 6.92 Å². The second-order valence-corrected chi connectivity index (χ2v) is 4.98. The Morgan fingerprint density at radius 3 is 2.45 bits per heavy atom. The van der Waals surface area contributed by atoms with Crippen molar-refractivity contribution in [2.45, 2.75) is 45.2 Å². The molecule has 0 bridgehead atoms. The fourth-order valence-electron chi connectivity index (χ4n) is 1.97. The molecule has 0 saturated carbocycles. The summed E-state index contributed by atoms with van der Waals surface area (Å²) in [5.74, 6) is -0.120. The first kappa shape index (κ1) is 19.1. The van der Waals surface area contributed by atoms with Crippen molar-refractivity contribution in [1.29, 1.82) is 0 Å². The highest BCUT2D eigenvalue weighted by Gasteiger charge is 2.25. The molecule has 1 fully saturated rings. The summed E-state index contributed by atoms with van der Waals surface area (Å²) in [5, 5.41) is 2.79. The molecule has 0 radical (unpaired) electrons. The van der Waals surface area contributed by atoms with Crippen molar-refractivity contribution in [3.63, 3.8) is 0 Å². The van der Waals surface area contributed by atoms with E-state index in [1.54, 1.807) is 4.90 Å².